The van der Waals surface area contributed by atoms with Crippen LogP contribution in [0.2, 0.25) is 5.54 Å². The lowest BCUT2D eigenvalue weighted by Crippen LogP contribution is -2.47. The molecule has 0 rings (SSSR count). The van der Waals surface area contributed by atoms with Crippen molar-refractivity contribution in [2.75, 3.05) is 21.3 Å². The van der Waals surface area contributed by atoms with Crippen LogP contribution in [0, 0.1) is 0 Å². The van der Waals surface area contributed by atoms with Gasteiger partial charge in [0.05, 0.1) is 0 Å². The minimum Gasteiger partial charge on any atom is -0.376 e. The number of hydrogen-bond donors (Lipinski definition) is 0. The Bertz CT molecular complexity index is 293. The van der Waals surface area contributed by atoms with Crippen LogP contribution in [0.15, 0.2) is 24.8 Å². The van der Waals surface area contributed by atoms with Crippen LogP contribution in [0.1, 0.15) is 71.1 Å². The quantitative estimate of drug-likeness (QED) is 0.199. The van der Waals surface area contributed by atoms with Crippen molar-refractivity contribution >= 4 is 8.80 Å². The summed E-state index contributed by atoms with van der Waals surface area (Å²) in [6.45, 7) is 6.02. The van der Waals surface area contributed by atoms with Gasteiger partial charge in [0.1, 0.15) is 0 Å². The molecule has 3 nitrogen and oxygen atoms in total. The highest BCUT2D eigenvalue weighted by molar-refractivity contribution is 6.62. The standard InChI is InChI=1S/C19H38O3Si/c1-6-8-10-12-14-16-18-19(17-15-13-11-9-7-2)23(20-3,21-4)22-5/h7,16,18-19H,2,6,8-15,17H2,1,3-5H3/b18-16+. The van der Waals surface area contributed by atoms with Crippen LogP contribution in [0.25, 0.3) is 0 Å². The first-order valence-corrected chi connectivity index (χ1v) is 10.9. The van der Waals surface area contributed by atoms with Gasteiger partial charge in [0, 0.05) is 26.9 Å². The van der Waals surface area contributed by atoms with Crippen molar-refractivity contribution in [3.63, 3.8) is 0 Å². The molecule has 0 aromatic rings. The van der Waals surface area contributed by atoms with Gasteiger partial charge in [0.15, 0.2) is 0 Å². The summed E-state index contributed by atoms with van der Waals surface area (Å²) < 4.78 is 17.1. The molecule has 0 aliphatic heterocycles. The van der Waals surface area contributed by atoms with E-state index in [9.17, 15) is 0 Å². The van der Waals surface area contributed by atoms with Gasteiger partial charge in [0.25, 0.3) is 0 Å². The minimum atomic E-state index is -2.60. The molecule has 4 heteroatoms. The zero-order valence-corrected chi connectivity index (χ0v) is 16.8. The van der Waals surface area contributed by atoms with E-state index >= 15 is 0 Å². The Hall–Kier alpha value is -0.423. The molecule has 0 N–H and O–H groups in total. The summed E-state index contributed by atoms with van der Waals surface area (Å²) in [5.41, 5.74) is 0.248. The average molecular weight is 343 g/mol. The monoisotopic (exact) mass is 342 g/mol. The maximum absolute atomic E-state index is 5.70. The van der Waals surface area contributed by atoms with Crippen LogP contribution in [0.4, 0.5) is 0 Å². The SMILES string of the molecule is C=CCCCCCC(/C=C/CCCCCC)[Si](OC)(OC)OC. The molecule has 1 unspecified atom stereocenters. The summed E-state index contributed by atoms with van der Waals surface area (Å²) in [7, 11) is 2.52. The first kappa shape index (κ1) is 22.6. The first-order chi connectivity index (χ1) is 11.2. The van der Waals surface area contributed by atoms with Gasteiger partial charge < -0.3 is 13.3 Å². The predicted molar refractivity (Wildman–Crippen MR) is 102 cm³/mol. The molecule has 0 saturated heterocycles. The van der Waals surface area contributed by atoms with Crippen LogP contribution in [-0.2, 0) is 13.3 Å². The van der Waals surface area contributed by atoms with E-state index in [0.29, 0.717) is 0 Å². The molecule has 0 amide bonds. The lowest BCUT2D eigenvalue weighted by atomic mass is 10.1. The van der Waals surface area contributed by atoms with Crippen molar-refractivity contribution in [1.82, 2.24) is 0 Å². The molecule has 0 spiro atoms. The Balaban J connectivity index is 4.52. The van der Waals surface area contributed by atoms with Gasteiger partial charge in [-0.1, -0.05) is 57.3 Å². The zero-order chi connectivity index (χ0) is 17.4. The molecule has 1 atom stereocenters. The van der Waals surface area contributed by atoms with Gasteiger partial charge in [-0.15, -0.1) is 6.58 Å². The van der Waals surface area contributed by atoms with Gasteiger partial charge in [-0.25, -0.2) is 0 Å². The normalized spacial score (nSPS) is 13.6. The third-order valence-electron chi connectivity index (χ3n) is 4.32. The molecule has 0 saturated carbocycles. The summed E-state index contributed by atoms with van der Waals surface area (Å²) in [5.74, 6) is 0. The fourth-order valence-corrected chi connectivity index (χ4v) is 5.21. The van der Waals surface area contributed by atoms with E-state index in [1.165, 1.54) is 44.9 Å². The minimum absolute atomic E-state index is 0.248. The lowest BCUT2D eigenvalue weighted by Gasteiger charge is -2.30. The van der Waals surface area contributed by atoms with Crippen molar-refractivity contribution in [2.45, 2.75) is 76.7 Å². The number of allylic oxidation sites excluding steroid dienone is 3. The highest BCUT2D eigenvalue weighted by Crippen LogP contribution is 2.31. The van der Waals surface area contributed by atoms with Crippen LogP contribution < -0.4 is 0 Å². The molecule has 0 aromatic carbocycles. The topological polar surface area (TPSA) is 27.7 Å². The Labute approximate surface area is 145 Å². The second kappa shape index (κ2) is 15.1. The second-order valence-electron chi connectivity index (χ2n) is 6.03. The van der Waals surface area contributed by atoms with Crippen LogP contribution >= 0.6 is 0 Å². The van der Waals surface area contributed by atoms with Gasteiger partial charge in [-0.05, 0) is 32.1 Å². The molecule has 0 heterocycles. The summed E-state index contributed by atoms with van der Waals surface area (Å²) >= 11 is 0. The van der Waals surface area contributed by atoms with E-state index in [1.54, 1.807) is 21.3 Å². The van der Waals surface area contributed by atoms with E-state index in [1.807, 2.05) is 6.08 Å². The van der Waals surface area contributed by atoms with Crippen LogP contribution in [0.3, 0.4) is 0 Å². The van der Waals surface area contributed by atoms with Gasteiger partial charge in [-0.3, -0.25) is 0 Å². The van der Waals surface area contributed by atoms with E-state index < -0.39 is 8.80 Å². The molecule has 0 aromatic heterocycles. The third-order valence-corrected chi connectivity index (χ3v) is 7.42. The fraction of sp³-hybridized carbons (Fsp3) is 0.789. The number of rotatable bonds is 16. The Morgan fingerprint density at radius 2 is 1.48 bits per heavy atom. The zero-order valence-electron chi connectivity index (χ0n) is 15.8. The number of hydrogen-bond acceptors (Lipinski definition) is 3. The molecule has 23 heavy (non-hydrogen) atoms. The summed E-state index contributed by atoms with van der Waals surface area (Å²) in [5, 5.41) is 0. The van der Waals surface area contributed by atoms with E-state index in [0.717, 1.165) is 19.3 Å². The maximum Gasteiger partial charge on any atom is 0.507 e. The van der Waals surface area contributed by atoms with E-state index in [4.69, 9.17) is 13.3 Å². The fourth-order valence-electron chi connectivity index (χ4n) is 2.87. The second-order valence-corrected chi connectivity index (χ2v) is 9.20. The molecule has 136 valence electrons. The molecule has 0 fully saturated rings. The molecular weight excluding hydrogens is 304 g/mol. The highest BCUT2D eigenvalue weighted by atomic mass is 28.4. The first-order valence-electron chi connectivity index (χ1n) is 9.13. The Morgan fingerprint density at radius 3 is 2.04 bits per heavy atom. The average Bonchev–Trinajstić information content (AvgIpc) is 2.58. The Morgan fingerprint density at radius 1 is 0.870 bits per heavy atom. The van der Waals surface area contributed by atoms with Crippen LogP contribution in [0.5, 0.6) is 0 Å². The molecular formula is C19H38O3Si. The van der Waals surface area contributed by atoms with Crippen molar-refractivity contribution < 1.29 is 13.3 Å². The smallest absolute Gasteiger partial charge is 0.376 e. The van der Waals surface area contributed by atoms with Gasteiger partial charge >= 0.3 is 8.80 Å². The summed E-state index contributed by atoms with van der Waals surface area (Å²) in [6, 6.07) is 0. The summed E-state index contributed by atoms with van der Waals surface area (Å²) in [6.07, 6.45) is 18.6. The summed E-state index contributed by atoms with van der Waals surface area (Å²) in [4.78, 5) is 0. The third kappa shape index (κ3) is 9.45. The predicted octanol–water partition coefficient (Wildman–Crippen LogP) is 5.90. The molecule has 0 bridgehead atoms. The van der Waals surface area contributed by atoms with E-state index in [2.05, 4.69) is 25.7 Å². The largest absolute Gasteiger partial charge is 0.507 e. The highest BCUT2D eigenvalue weighted by Gasteiger charge is 2.45. The molecule has 0 radical (unpaired) electrons. The van der Waals surface area contributed by atoms with Gasteiger partial charge in [-0.2, -0.15) is 0 Å². The van der Waals surface area contributed by atoms with Crippen molar-refractivity contribution in [1.29, 1.82) is 0 Å². The lowest BCUT2D eigenvalue weighted by molar-refractivity contribution is 0.115. The van der Waals surface area contributed by atoms with Gasteiger partial charge in [0.2, 0.25) is 0 Å². The van der Waals surface area contributed by atoms with E-state index in [-0.39, 0.29) is 5.54 Å². The maximum atomic E-state index is 5.70. The Kier molecular flexibility index (Phi) is 14.8. The van der Waals surface area contributed by atoms with Crippen molar-refractivity contribution in [3.05, 3.63) is 24.8 Å². The van der Waals surface area contributed by atoms with Crippen molar-refractivity contribution in [3.8, 4) is 0 Å². The van der Waals surface area contributed by atoms with Crippen molar-refractivity contribution in [2.24, 2.45) is 0 Å². The molecule has 0 aliphatic carbocycles. The van der Waals surface area contributed by atoms with Crippen LogP contribution in [-0.4, -0.2) is 30.1 Å². The number of unbranched alkanes of at least 4 members (excludes halogenated alkanes) is 7. The molecule has 0 aliphatic rings.